The van der Waals surface area contributed by atoms with Crippen LogP contribution in [0.15, 0.2) is 28.7 Å². The van der Waals surface area contributed by atoms with Gasteiger partial charge in [-0.1, -0.05) is 37.6 Å². The topological polar surface area (TPSA) is 66.7 Å². The SMILES string of the molecule is CC(C)c1nc2c(o1)CCN(C(=O)C1CCN(C(=O)c3ccccc3Cl)CC1)C2. The van der Waals surface area contributed by atoms with Crippen molar-refractivity contribution in [1.82, 2.24) is 14.8 Å². The van der Waals surface area contributed by atoms with Gasteiger partial charge in [0.05, 0.1) is 17.1 Å². The first-order valence-electron chi connectivity index (χ1n) is 10.2. The van der Waals surface area contributed by atoms with Crippen LogP contribution < -0.4 is 0 Å². The molecule has 1 aromatic carbocycles. The molecule has 1 aromatic heterocycles. The van der Waals surface area contributed by atoms with Gasteiger partial charge in [-0.3, -0.25) is 9.59 Å². The van der Waals surface area contributed by atoms with Crippen LogP contribution in [0.4, 0.5) is 0 Å². The van der Waals surface area contributed by atoms with E-state index in [1.807, 2.05) is 17.0 Å². The van der Waals surface area contributed by atoms with E-state index in [0.717, 1.165) is 17.3 Å². The summed E-state index contributed by atoms with van der Waals surface area (Å²) in [6.45, 7) is 6.43. The third-order valence-corrected chi connectivity index (χ3v) is 6.12. The quantitative estimate of drug-likeness (QED) is 0.762. The number of nitrogens with zero attached hydrogens (tertiary/aromatic N) is 3. The Balaban J connectivity index is 1.36. The van der Waals surface area contributed by atoms with Gasteiger partial charge in [-0.25, -0.2) is 4.98 Å². The summed E-state index contributed by atoms with van der Waals surface area (Å²) in [5.74, 6) is 1.95. The number of carbonyl (C=O) groups excluding carboxylic acids is 2. The van der Waals surface area contributed by atoms with E-state index in [2.05, 4.69) is 18.8 Å². The number of benzene rings is 1. The zero-order valence-corrected chi connectivity index (χ0v) is 17.6. The summed E-state index contributed by atoms with van der Waals surface area (Å²) in [7, 11) is 0. The van der Waals surface area contributed by atoms with E-state index in [9.17, 15) is 9.59 Å². The van der Waals surface area contributed by atoms with Crippen molar-refractivity contribution in [2.24, 2.45) is 5.92 Å². The number of piperidine rings is 1. The fraction of sp³-hybridized carbons (Fsp3) is 0.500. The maximum atomic E-state index is 13.0. The minimum Gasteiger partial charge on any atom is -0.445 e. The highest BCUT2D eigenvalue weighted by Gasteiger charge is 2.33. The van der Waals surface area contributed by atoms with E-state index in [0.29, 0.717) is 56.0 Å². The number of oxazole rings is 1. The molecule has 0 spiro atoms. The van der Waals surface area contributed by atoms with Crippen LogP contribution in [0.2, 0.25) is 5.02 Å². The first-order chi connectivity index (χ1) is 13.9. The predicted octanol–water partition coefficient (Wildman–Crippen LogP) is 3.89. The zero-order chi connectivity index (χ0) is 20.5. The maximum Gasteiger partial charge on any atom is 0.255 e. The Hall–Kier alpha value is -2.34. The molecular weight excluding hydrogens is 390 g/mol. The summed E-state index contributed by atoms with van der Waals surface area (Å²) < 4.78 is 5.83. The van der Waals surface area contributed by atoms with E-state index < -0.39 is 0 Å². The molecule has 4 rings (SSSR count). The average Bonchev–Trinajstić information content (AvgIpc) is 3.17. The predicted molar refractivity (Wildman–Crippen MR) is 110 cm³/mol. The molecule has 7 heteroatoms. The van der Waals surface area contributed by atoms with Crippen molar-refractivity contribution in [1.29, 1.82) is 0 Å². The van der Waals surface area contributed by atoms with Crippen LogP contribution in [0.3, 0.4) is 0 Å². The van der Waals surface area contributed by atoms with E-state index in [1.54, 1.807) is 17.0 Å². The molecule has 0 unspecified atom stereocenters. The summed E-state index contributed by atoms with van der Waals surface area (Å²) in [6.07, 6.45) is 2.06. The van der Waals surface area contributed by atoms with Gasteiger partial charge in [0.2, 0.25) is 5.91 Å². The molecule has 2 amide bonds. The van der Waals surface area contributed by atoms with Crippen molar-refractivity contribution < 1.29 is 14.0 Å². The van der Waals surface area contributed by atoms with Crippen molar-refractivity contribution in [2.45, 2.75) is 45.6 Å². The first kappa shape index (κ1) is 20.0. The number of hydrogen-bond acceptors (Lipinski definition) is 4. The molecule has 154 valence electrons. The Kier molecular flexibility index (Phi) is 5.63. The van der Waals surface area contributed by atoms with E-state index >= 15 is 0 Å². The molecule has 0 radical (unpaired) electrons. The van der Waals surface area contributed by atoms with Crippen LogP contribution in [-0.4, -0.2) is 46.2 Å². The monoisotopic (exact) mass is 415 g/mol. The van der Waals surface area contributed by atoms with Crippen LogP contribution in [0.25, 0.3) is 0 Å². The van der Waals surface area contributed by atoms with Crippen molar-refractivity contribution >= 4 is 23.4 Å². The van der Waals surface area contributed by atoms with Crippen LogP contribution in [0, 0.1) is 5.92 Å². The molecule has 6 nitrogen and oxygen atoms in total. The molecule has 0 saturated carbocycles. The van der Waals surface area contributed by atoms with Gasteiger partial charge in [-0.2, -0.15) is 0 Å². The largest absolute Gasteiger partial charge is 0.445 e. The number of halogens is 1. The molecule has 0 N–H and O–H groups in total. The van der Waals surface area contributed by atoms with Crippen molar-refractivity contribution in [3.8, 4) is 0 Å². The molecule has 1 fully saturated rings. The normalized spacial score (nSPS) is 17.5. The number of carbonyl (C=O) groups is 2. The van der Waals surface area contributed by atoms with Gasteiger partial charge in [0.15, 0.2) is 5.89 Å². The standard InChI is InChI=1S/C22H26ClN3O3/c1-14(2)20-24-18-13-26(12-9-19(18)29-20)21(27)15-7-10-25(11-8-15)22(28)16-5-3-4-6-17(16)23/h3-6,14-15H,7-13H2,1-2H3. The number of amides is 2. The molecule has 29 heavy (non-hydrogen) atoms. The fourth-order valence-electron chi connectivity index (χ4n) is 4.05. The smallest absolute Gasteiger partial charge is 0.255 e. The van der Waals surface area contributed by atoms with Gasteiger partial charge >= 0.3 is 0 Å². The molecule has 2 aliphatic heterocycles. The highest BCUT2D eigenvalue weighted by molar-refractivity contribution is 6.33. The van der Waals surface area contributed by atoms with Crippen LogP contribution in [-0.2, 0) is 17.8 Å². The molecule has 0 aliphatic carbocycles. The maximum absolute atomic E-state index is 13.0. The first-order valence-corrected chi connectivity index (χ1v) is 10.6. The second-order valence-electron chi connectivity index (χ2n) is 8.13. The number of hydrogen-bond donors (Lipinski definition) is 0. The van der Waals surface area contributed by atoms with Crippen LogP contribution in [0.5, 0.6) is 0 Å². The number of aromatic nitrogens is 1. The van der Waals surface area contributed by atoms with Gasteiger partial charge < -0.3 is 14.2 Å². The lowest BCUT2D eigenvalue weighted by molar-refractivity contribution is -0.138. The van der Waals surface area contributed by atoms with E-state index in [-0.39, 0.29) is 23.7 Å². The highest BCUT2D eigenvalue weighted by Crippen LogP contribution is 2.28. The Morgan fingerprint density at radius 1 is 1.14 bits per heavy atom. The van der Waals surface area contributed by atoms with Crippen LogP contribution >= 0.6 is 11.6 Å². The van der Waals surface area contributed by atoms with Gasteiger partial charge in [0, 0.05) is 37.9 Å². The lowest BCUT2D eigenvalue weighted by Crippen LogP contribution is -2.45. The minimum absolute atomic E-state index is 0.0525. The Morgan fingerprint density at radius 2 is 1.86 bits per heavy atom. The second-order valence-corrected chi connectivity index (χ2v) is 8.54. The lowest BCUT2D eigenvalue weighted by Gasteiger charge is -2.35. The van der Waals surface area contributed by atoms with E-state index in [1.165, 1.54) is 0 Å². The number of likely N-dealkylation sites (tertiary alicyclic amines) is 1. The summed E-state index contributed by atoms with van der Waals surface area (Å²) in [6, 6.07) is 7.10. The fourth-order valence-corrected chi connectivity index (χ4v) is 4.26. The Labute approximate surface area is 175 Å². The molecule has 2 aromatic rings. The lowest BCUT2D eigenvalue weighted by atomic mass is 9.94. The third kappa shape index (κ3) is 4.04. The van der Waals surface area contributed by atoms with Crippen molar-refractivity contribution in [3.05, 3.63) is 52.2 Å². The minimum atomic E-state index is -0.0621. The second kappa shape index (κ2) is 8.19. The molecule has 1 saturated heterocycles. The number of fused-ring (bicyclic) bond motifs is 1. The molecule has 0 atom stereocenters. The Bertz CT molecular complexity index is 916. The van der Waals surface area contributed by atoms with Gasteiger partial charge in [0.25, 0.3) is 5.91 Å². The van der Waals surface area contributed by atoms with E-state index in [4.69, 9.17) is 16.0 Å². The highest BCUT2D eigenvalue weighted by atomic mass is 35.5. The van der Waals surface area contributed by atoms with Gasteiger partial charge in [0.1, 0.15) is 11.5 Å². The van der Waals surface area contributed by atoms with Gasteiger partial charge in [-0.05, 0) is 25.0 Å². The molecular formula is C22H26ClN3O3. The Morgan fingerprint density at radius 3 is 2.55 bits per heavy atom. The molecule has 2 aliphatic rings. The van der Waals surface area contributed by atoms with Crippen LogP contribution in [0.1, 0.15) is 60.3 Å². The number of rotatable bonds is 3. The summed E-state index contributed by atoms with van der Waals surface area (Å²) in [5.41, 5.74) is 1.41. The summed E-state index contributed by atoms with van der Waals surface area (Å²) in [5, 5.41) is 0.466. The third-order valence-electron chi connectivity index (χ3n) is 5.79. The van der Waals surface area contributed by atoms with Crippen molar-refractivity contribution in [3.63, 3.8) is 0 Å². The molecule has 3 heterocycles. The summed E-state index contributed by atoms with van der Waals surface area (Å²) in [4.78, 5) is 34.0. The molecule has 0 bridgehead atoms. The zero-order valence-electron chi connectivity index (χ0n) is 16.9. The average molecular weight is 416 g/mol. The van der Waals surface area contributed by atoms with Crippen molar-refractivity contribution in [2.75, 3.05) is 19.6 Å². The van der Waals surface area contributed by atoms with Gasteiger partial charge in [-0.15, -0.1) is 0 Å². The summed E-state index contributed by atoms with van der Waals surface area (Å²) >= 11 is 6.16.